The summed E-state index contributed by atoms with van der Waals surface area (Å²) >= 11 is 3.30. The molecule has 1 saturated carbocycles. The molecule has 0 bridgehead atoms. The molecule has 100 valence electrons. The van der Waals surface area contributed by atoms with Gasteiger partial charge in [-0.15, -0.1) is 0 Å². The van der Waals surface area contributed by atoms with Crippen LogP contribution in [0.1, 0.15) is 30.1 Å². The second-order valence-corrected chi connectivity index (χ2v) is 5.33. The summed E-state index contributed by atoms with van der Waals surface area (Å²) in [6.07, 6.45) is 2.14. The molecule has 3 rings (SSSR count). The van der Waals surface area contributed by atoms with Gasteiger partial charge in [0.1, 0.15) is 10.4 Å². The van der Waals surface area contributed by atoms with Crippen molar-refractivity contribution < 1.29 is 9.13 Å². The van der Waals surface area contributed by atoms with Crippen LogP contribution in [-0.2, 0) is 0 Å². The van der Waals surface area contributed by atoms with Crippen LogP contribution in [0.3, 0.4) is 0 Å². The predicted molar refractivity (Wildman–Crippen MR) is 72.9 cm³/mol. The minimum Gasteiger partial charge on any atom is -0.436 e. The number of ether oxygens (including phenoxy) is 1. The molecule has 1 heterocycles. The lowest BCUT2D eigenvalue weighted by molar-refractivity contribution is 0.424. The Morgan fingerprint density at radius 1 is 1.30 bits per heavy atom. The zero-order valence-corrected chi connectivity index (χ0v) is 11.9. The Morgan fingerprint density at radius 2 is 2.10 bits per heavy atom. The van der Waals surface area contributed by atoms with Crippen molar-refractivity contribution >= 4 is 15.9 Å². The van der Waals surface area contributed by atoms with E-state index in [1.165, 1.54) is 12.1 Å². The summed E-state index contributed by atoms with van der Waals surface area (Å²) in [5.41, 5.74) is 0.248. The van der Waals surface area contributed by atoms with Gasteiger partial charge in [0, 0.05) is 12.0 Å². The molecule has 1 aromatic carbocycles. The first-order valence-corrected chi connectivity index (χ1v) is 6.87. The van der Waals surface area contributed by atoms with Crippen molar-refractivity contribution in [2.75, 3.05) is 0 Å². The van der Waals surface area contributed by atoms with Crippen LogP contribution in [-0.4, -0.2) is 9.97 Å². The van der Waals surface area contributed by atoms with E-state index in [0.29, 0.717) is 16.3 Å². The van der Waals surface area contributed by atoms with Gasteiger partial charge in [-0.2, -0.15) is 10.2 Å². The van der Waals surface area contributed by atoms with Crippen molar-refractivity contribution in [1.82, 2.24) is 9.97 Å². The lowest BCUT2D eigenvalue weighted by Crippen LogP contribution is -1.97. The Labute approximate surface area is 123 Å². The summed E-state index contributed by atoms with van der Waals surface area (Å²) in [7, 11) is 0. The monoisotopic (exact) mass is 333 g/mol. The summed E-state index contributed by atoms with van der Waals surface area (Å²) < 4.78 is 19.8. The minimum absolute atomic E-state index is 0.0383. The summed E-state index contributed by atoms with van der Waals surface area (Å²) in [5.74, 6) is 0.824. The highest BCUT2D eigenvalue weighted by atomic mass is 79.9. The summed E-state index contributed by atoms with van der Waals surface area (Å²) in [4.78, 5) is 8.56. The van der Waals surface area contributed by atoms with Crippen molar-refractivity contribution in [3.8, 4) is 17.7 Å². The number of rotatable bonds is 3. The Kier molecular flexibility index (Phi) is 3.36. The number of benzene rings is 1. The second kappa shape index (κ2) is 5.17. The van der Waals surface area contributed by atoms with Crippen LogP contribution in [0.2, 0.25) is 0 Å². The first-order chi connectivity index (χ1) is 9.65. The Balaban J connectivity index is 1.89. The van der Waals surface area contributed by atoms with Crippen molar-refractivity contribution in [1.29, 1.82) is 5.26 Å². The van der Waals surface area contributed by atoms with E-state index in [9.17, 15) is 4.39 Å². The minimum atomic E-state index is -0.591. The van der Waals surface area contributed by atoms with E-state index < -0.39 is 5.82 Å². The molecule has 0 atom stereocenters. The number of nitrogens with zero attached hydrogens (tertiary/aromatic N) is 3. The van der Waals surface area contributed by atoms with Crippen LogP contribution >= 0.6 is 15.9 Å². The maximum absolute atomic E-state index is 13.8. The molecular formula is C14H9BrFN3O. The zero-order valence-electron chi connectivity index (χ0n) is 10.3. The van der Waals surface area contributed by atoms with Gasteiger partial charge in [-0.3, -0.25) is 0 Å². The molecule has 0 radical (unpaired) electrons. The number of aromatic nitrogens is 2. The van der Waals surface area contributed by atoms with Gasteiger partial charge in [-0.1, -0.05) is 0 Å². The van der Waals surface area contributed by atoms with Gasteiger partial charge in [0.05, 0.1) is 11.6 Å². The molecule has 1 aliphatic rings. The van der Waals surface area contributed by atoms with Crippen LogP contribution in [0.15, 0.2) is 28.9 Å². The van der Waals surface area contributed by atoms with Gasteiger partial charge < -0.3 is 4.74 Å². The Morgan fingerprint density at radius 3 is 2.75 bits per heavy atom. The van der Waals surface area contributed by atoms with Crippen molar-refractivity contribution in [2.24, 2.45) is 0 Å². The van der Waals surface area contributed by atoms with Gasteiger partial charge >= 0.3 is 0 Å². The molecule has 0 N–H and O–H groups in total. The quantitative estimate of drug-likeness (QED) is 0.799. The van der Waals surface area contributed by atoms with Crippen LogP contribution in [0.25, 0.3) is 0 Å². The van der Waals surface area contributed by atoms with Gasteiger partial charge in [0.15, 0.2) is 11.6 Å². The number of nitriles is 1. The van der Waals surface area contributed by atoms with Gasteiger partial charge in [-0.05, 0) is 47.0 Å². The Bertz CT molecular complexity index is 710. The average molecular weight is 334 g/mol. The van der Waals surface area contributed by atoms with Crippen LogP contribution in [0, 0.1) is 17.1 Å². The average Bonchev–Trinajstić information content (AvgIpc) is 3.25. The fourth-order valence-corrected chi connectivity index (χ4v) is 2.13. The molecule has 6 heteroatoms. The highest BCUT2D eigenvalue weighted by Crippen LogP contribution is 2.39. The number of halogens is 2. The number of hydrogen-bond donors (Lipinski definition) is 0. The number of hydrogen-bond acceptors (Lipinski definition) is 4. The molecule has 0 aliphatic heterocycles. The molecule has 1 aliphatic carbocycles. The van der Waals surface area contributed by atoms with E-state index >= 15 is 0 Å². The molecule has 4 nitrogen and oxygen atoms in total. The highest BCUT2D eigenvalue weighted by molar-refractivity contribution is 9.10. The molecule has 0 saturated heterocycles. The third kappa shape index (κ3) is 2.78. The van der Waals surface area contributed by atoms with E-state index in [2.05, 4.69) is 25.9 Å². The molecule has 1 aromatic heterocycles. The standard InChI is InChI=1S/C14H9BrFN3O/c15-12-6-13(19-14(18-12)9-2-3-9)20-11-4-1-8(7-17)5-10(11)16/h1,4-6,9H,2-3H2. The maximum Gasteiger partial charge on any atom is 0.223 e. The van der Waals surface area contributed by atoms with Crippen molar-refractivity contribution in [3.05, 3.63) is 46.1 Å². The molecule has 0 unspecified atom stereocenters. The summed E-state index contributed by atoms with van der Waals surface area (Å²) in [6.45, 7) is 0. The fraction of sp³-hybridized carbons (Fsp3) is 0.214. The fourth-order valence-electron chi connectivity index (χ4n) is 1.76. The van der Waals surface area contributed by atoms with E-state index in [4.69, 9.17) is 10.00 Å². The smallest absolute Gasteiger partial charge is 0.223 e. The third-order valence-electron chi connectivity index (χ3n) is 2.91. The van der Waals surface area contributed by atoms with Crippen molar-refractivity contribution in [2.45, 2.75) is 18.8 Å². The Hall–Kier alpha value is -2.00. The first-order valence-electron chi connectivity index (χ1n) is 6.07. The van der Waals surface area contributed by atoms with Crippen LogP contribution in [0.4, 0.5) is 4.39 Å². The van der Waals surface area contributed by atoms with Crippen LogP contribution in [0.5, 0.6) is 11.6 Å². The molecule has 2 aromatic rings. The second-order valence-electron chi connectivity index (χ2n) is 4.52. The summed E-state index contributed by atoms with van der Waals surface area (Å²) in [6, 6.07) is 7.50. The largest absolute Gasteiger partial charge is 0.436 e. The topological polar surface area (TPSA) is 58.8 Å². The predicted octanol–water partition coefficient (Wildman–Crippen LogP) is 3.92. The zero-order chi connectivity index (χ0) is 14.1. The van der Waals surface area contributed by atoms with Crippen LogP contribution < -0.4 is 4.74 Å². The lowest BCUT2D eigenvalue weighted by Gasteiger charge is -2.07. The van der Waals surface area contributed by atoms with E-state index in [1.807, 2.05) is 6.07 Å². The van der Waals surface area contributed by atoms with Gasteiger partial charge in [0.2, 0.25) is 5.88 Å². The van der Waals surface area contributed by atoms with E-state index in [1.54, 1.807) is 6.07 Å². The molecule has 0 amide bonds. The molecule has 20 heavy (non-hydrogen) atoms. The third-order valence-corrected chi connectivity index (χ3v) is 3.31. The maximum atomic E-state index is 13.8. The highest BCUT2D eigenvalue weighted by Gasteiger charge is 2.27. The van der Waals surface area contributed by atoms with Gasteiger partial charge in [0.25, 0.3) is 0 Å². The normalized spacial score (nSPS) is 13.8. The molecule has 0 spiro atoms. The first kappa shape index (κ1) is 13.0. The molecular weight excluding hydrogens is 325 g/mol. The molecule has 1 fully saturated rings. The van der Waals surface area contributed by atoms with E-state index in [-0.39, 0.29) is 17.2 Å². The lowest BCUT2D eigenvalue weighted by atomic mass is 10.2. The van der Waals surface area contributed by atoms with Crippen molar-refractivity contribution in [3.63, 3.8) is 0 Å². The SMILES string of the molecule is N#Cc1ccc(Oc2cc(Br)nc(C3CC3)n2)c(F)c1. The van der Waals surface area contributed by atoms with E-state index in [0.717, 1.165) is 18.9 Å². The summed E-state index contributed by atoms with van der Waals surface area (Å²) in [5, 5.41) is 8.70. The van der Waals surface area contributed by atoms with Gasteiger partial charge in [-0.25, -0.2) is 9.37 Å².